The maximum atomic E-state index is 12.4. The minimum Gasteiger partial charge on any atom is -0.465 e. The zero-order valence-electron chi connectivity index (χ0n) is 17.6. The average molecular weight is 478 g/mol. The highest BCUT2D eigenvalue weighted by Gasteiger charge is 2.25. The summed E-state index contributed by atoms with van der Waals surface area (Å²) < 4.78 is 31.7. The van der Waals surface area contributed by atoms with Crippen LogP contribution in [0.2, 0.25) is 0 Å². The third-order valence-electron chi connectivity index (χ3n) is 4.97. The van der Waals surface area contributed by atoms with E-state index in [0.29, 0.717) is 28.9 Å². The molecule has 0 atom stereocenters. The van der Waals surface area contributed by atoms with Crippen molar-refractivity contribution in [3.63, 3.8) is 0 Å². The number of nitrogens with zero attached hydrogens (tertiary/aromatic N) is 3. The molecule has 0 bridgehead atoms. The van der Waals surface area contributed by atoms with Crippen LogP contribution in [0.1, 0.15) is 29.6 Å². The number of fused-ring (bicyclic) bond motifs is 1. The van der Waals surface area contributed by atoms with E-state index in [4.69, 9.17) is 11.2 Å². The second-order valence-electron chi connectivity index (χ2n) is 7.33. The van der Waals surface area contributed by atoms with Gasteiger partial charge in [0.25, 0.3) is 5.91 Å². The Bertz CT molecular complexity index is 1260. The fourth-order valence-electron chi connectivity index (χ4n) is 3.45. The van der Waals surface area contributed by atoms with Crippen LogP contribution in [0.5, 0.6) is 0 Å². The molecule has 0 N–H and O–H groups in total. The Labute approximate surface area is 189 Å². The molecule has 2 aromatic rings. The monoisotopic (exact) mass is 477 g/mol. The predicted molar refractivity (Wildman–Crippen MR) is 120 cm³/mol. The van der Waals surface area contributed by atoms with Gasteiger partial charge in [0.1, 0.15) is 11.5 Å². The van der Waals surface area contributed by atoms with Gasteiger partial charge in [0.15, 0.2) is 14.6 Å². The number of esters is 1. The van der Waals surface area contributed by atoms with Crippen LogP contribution in [0.4, 0.5) is 0 Å². The highest BCUT2D eigenvalue weighted by molar-refractivity contribution is 7.92. The van der Waals surface area contributed by atoms with Gasteiger partial charge in [0, 0.05) is 13.1 Å². The van der Waals surface area contributed by atoms with E-state index in [0.717, 1.165) is 30.6 Å². The van der Waals surface area contributed by atoms with E-state index in [2.05, 4.69) is 10.9 Å². The lowest BCUT2D eigenvalue weighted by molar-refractivity contribution is -0.129. The lowest BCUT2D eigenvalue weighted by atomic mass is 10.1. The fourth-order valence-corrected chi connectivity index (χ4v) is 5.64. The standard InChI is InChI=1S/C21H23N3O6S2/c1-3-9-24-16-8-7-15(20(27)30-2)12-17(16)31-21(24)22-18(25)13-32(28,29)14-19(26)23-10-5-4-6-11-23/h1,7-8,12H,4-6,9-11,13-14H2,2H3. The summed E-state index contributed by atoms with van der Waals surface area (Å²) in [5.41, 5.74) is 0.973. The number of sulfone groups is 1. The lowest BCUT2D eigenvalue weighted by Crippen LogP contribution is -2.40. The molecular weight excluding hydrogens is 454 g/mol. The van der Waals surface area contributed by atoms with Crippen LogP contribution in [0.3, 0.4) is 0 Å². The number of amides is 2. The molecule has 9 nitrogen and oxygen atoms in total. The highest BCUT2D eigenvalue weighted by atomic mass is 32.2. The number of methoxy groups -OCH3 is 1. The van der Waals surface area contributed by atoms with Gasteiger partial charge in [0.2, 0.25) is 5.91 Å². The molecule has 170 valence electrons. The van der Waals surface area contributed by atoms with E-state index >= 15 is 0 Å². The van der Waals surface area contributed by atoms with Crippen molar-refractivity contribution in [2.24, 2.45) is 4.99 Å². The number of hydrogen-bond donors (Lipinski definition) is 0. The first-order valence-corrected chi connectivity index (χ1v) is 12.6. The molecule has 32 heavy (non-hydrogen) atoms. The minimum atomic E-state index is -3.97. The summed E-state index contributed by atoms with van der Waals surface area (Å²) >= 11 is 1.10. The third-order valence-corrected chi connectivity index (χ3v) is 7.38. The Balaban J connectivity index is 1.84. The van der Waals surface area contributed by atoms with Crippen molar-refractivity contribution in [2.75, 3.05) is 31.7 Å². The van der Waals surface area contributed by atoms with Gasteiger partial charge in [-0.15, -0.1) is 6.42 Å². The van der Waals surface area contributed by atoms with E-state index < -0.39 is 39.1 Å². The fraction of sp³-hybridized carbons (Fsp3) is 0.429. The van der Waals surface area contributed by atoms with Crippen molar-refractivity contribution >= 4 is 49.2 Å². The van der Waals surface area contributed by atoms with Crippen molar-refractivity contribution < 1.29 is 27.5 Å². The molecule has 1 aliphatic heterocycles. The van der Waals surface area contributed by atoms with Crippen LogP contribution in [-0.4, -0.2) is 67.4 Å². The molecular formula is C21H23N3O6S2. The largest absolute Gasteiger partial charge is 0.465 e. The maximum Gasteiger partial charge on any atom is 0.337 e. The van der Waals surface area contributed by atoms with Gasteiger partial charge in [-0.05, 0) is 37.5 Å². The molecule has 1 aromatic carbocycles. The van der Waals surface area contributed by atoms with Gasteiger partial charge >= 0.3 is 5.97 Å². The Morgan fingerprint density at radius 3 is 2.56 bits per heavy atom. The third kappa shape index (κ3) is 5.63. The number of thiazole rings is 1. The highest BCUT2D eigenvalue weighted by Crippen LogP contribution is 2.20. The molecule has 2 heterocycles. The van der Waals surface area contributed by atoms with Crippen molar-refractivity contribution in [1.29, 1.82) is 0 Å². The smallest absolute Gasteiger partial charge is 0.337 e. The Morgan fingerprint density at radius 1 is 1.19 bits per heavy atom. The number of ether oxygens (including phenoxy) is 1. The quantitative estimate of drug-likeness (QED) is 0.452. The Kier molecular flexibility index (Phi) is 7.48. The van der Waals surface area contributed by atoms with Gasteiger partial charge in [-0.25, -0.2) is 13.2 Å². The molecule has 1 saturated heterocycles. The second kappa shape index (κ2) is 10.1. The van der Waals surface area contributed by atoms with Gasteiger partial charge in [-0.1, -0.05) is 17.3 Å². The van der Waals surface area contributed by atoms with E-state index in [1.54, 1.807) is 22.8 Å². The number of hydrogen-bond acceptors (Lipinski definition) is 7. The maximum absolute atomic E-state index is 12.4. The number of benzene rings is 1. The van der Waals surface area contributed by atoms with Gasteiger partial charge in [-0.2, -0.15) is 4.99 Å². The normalized spacial score (nSPS) is 14.9. The summed E-state index contributed by atoms with van der Waals surface area (Å²) in [6, 6.07) is 4.82. The van der Waals surface area contributed by atoms with E-state index in [9.17, 15) is 22.8 Å². The van der Waals surface area contributed by atoms with E-state index in [1.165, 1.54) is 12.0 Å². The zero-order chi connectivity index (χ0) is 23.3. The molecule has 1 aliphatic rings. The molecule has 2 amide bonds. The van der Waals surface area contributed by atoms with E-state index in [1.807, 2.05) is 0 Å². The first-order valence-electron chi connectivity index (χ1n) is 9.95. The van der Waals surface area contributed by atoms with Crippen LogP contribution in [0.15, 0.2) is 23.2 Å². The minimum absolute atomic E-state index is 0.101. The lowest BCUT2D eigenvalue weighted by Gasteiger charge is -2.26. The summed E-state index contributed by atoms with van der Waals surface area (Å²) in [5, 5.41) is 0. The second-order valence-corrected chi connectivity index (χ2v) is 10.4. The van der Waals surface area contributed by atoms with Gasteiger partial charge < -0.3 is 14.2 Å². The van der Waals surface area contributed by atoms with Crippen molar-refractivity contribution in [3.8, 4) is 12.3 Å². The molecule has 0 unspecified atom stereocenters. The Hall–Kier alpha value is -2.97. The van der Waals surface area contributed by atoms with Gasteiger partial charge in [0.05, 0.1) is 29.4 Å². The molecule has 1 aromatic heterocycles. The zero-order valence-corrected chi connectivity index (χ0v) is 19.2. The molecule has 0 spiro atoms. The molecule has 11 heteroatoms. The van der Waals surface area contributed by atoms with Gasteiger partial charge in [-0.3, -0.25) is 9.59 Å². The van der Waals surface area contributed by atoms with Crippen molar-refractivity contribution in [1.82, 2.24) is 9.47 Å². The van der Waals surface area contributed by atoms with Crippen molar-refractivity contribution in [2.45, 2.75) is 25.8 Å². The molecule has 1 fully saturated rings. The topological polar surface area (TPSA) is 115 Å². The molecule has 0 saturated carbocycles. The van der Waals surface area contributed by atoms with E-state index in [-0.39, 0.29) is 11.3 Å². The first kappa shape index (κ1) is 23.7. The average Bonchev–Trinajstić information content (AvgIpc) is 3.09. The van der Waals surface area contributed by atoms with Crippen LogP contribution >= 0.6 is 11.3 Å². The van der Waals surface area contributed by atoms with Crippen LogP contribution in [0, 0.1) is 12.3 Å². The summed E-state index contributed by atoms with van der Waals surface area (Å²) in [7, 11) is -2.69. The molecule has 0 radical (unpaired) electrons. The Morgan fingerprint density at radius 2 is 1.91 bits per heavy atom. The van der Waals surface area contributed by atoms with Crippen LogP contribution in [0.25, 0.3) is 10.2 Å². The molecule has 0 aliphatic carbocycles. The SMILES string of the molecule is C#CCn1c(=NC(=O)CS(=O)(=O)CC(=O)N2CCCCC2)sc2cc(C(=O)OC)ccc21. The number of likely N-dealkylation sites (tertiary alicyclic amines) is 1. The van der Waals surface area contributed by atoms with Crippen molar-refractivity contribution in [3.05, 3.63) is 28.6 Å². The number of rotatable bonds is 6. The first-order chi connectivity index (χ1) is 15.2. The summed E-state index contributed by atoms with van der Waals surface area (Å²) in [6.07, 6.45) is 8.14. The van der Waals surface area contributed by atoms with Crippen LogP contribution < -0.4 is 4.80 Å². The number of carbonyl (C=O) groups is 3. The number of piperidine rings is 1. The number of terminal acetylenes is 1. The summed E-state index contributed by atoms with van der Waals surface area (Å²) in [6.45, 7) is 1.17. The summed E-state index contributed by atoms with van der Waals surface area (Å²) in [4.78, 5) is 42.2. The number of carbonyl (C=O) groups excluding carboxylic acids is 3. The summed E-state index contributed by atoms with van der Waals surface area (Å²) in [5.74, 6) is -0.999. The number of aromatic nitrogens is 1. The predicted octanol–water partition coefficient (Wildman–Crippen LogP) is 0.977. The van der Waals surface area contributed by atoms with Crippen LogP contribution in [-0.2, 0) is 30.7 Å². The molecule has 3 rings (SSSR count).